The minimum Gasteiger partial charge on any atom is -0.508 e. The number of aromatic hydroxyl groups is 1. The number of ether oxygens (including phenoxy) is 5. The van der Waals surface area contributed by atoms with Gasteiger partial charge < -0.3 is 43.6 Å². The number of unbranched alkanes of at least 4 members (excludes halogenated alkanes) is 3. The largest absolute Gasteiger partial charge is 0.508 e. The Bertz CT molecular complexity index is 1720. The number of aliphatic carboxylic acids is 1. The summed E-state index contributed by atoms with van der Waals surface area (Å²) in [7, 11) is 0. The first kappa shape index (κ1) is 37.9. The topological polar surface area (TPSA) is 159 Å². The molecule has 276 valence electrons. The Kier molecular flexibility index (Phi) is 14.5. The fourth-order valence-electron chi connectivity index (χ4n) is 5.80. The van der Waals surface area contributed by atoms with Crippen LogP contribution in [0.15, 0.2) is 97.6 Å². The second-order valence-electron chi connectivity index (χ2n) is 12.5. The van der Waals surface area contributed by atoms with E-state index in [1.54, 1.807) is 30.7 Å². The number of nitrogens with zero attached hydrogens (tertiary/aromatic N) is 2. The number of phenols is 1. The average molecular weight is 715 g/mol. The SMILES string of the molecule is O=C(O)CC/C=C\C[C@@H]1CO[C@H](c2ccc(OCCCCCCOc3cc(C(=O)O)ccc3OCCn3ccnc3)cc2)O[C@@H]1c1ccccc1O. The van der Waals surface area contributed by atoms with Gasteiger partial charge in [-0.2, -0.15) is 0 Å². The molecule has 1 aliphatic rings. The van der Waals surface area contributed by atoms with Gasteiger partial charge in [-0.05, 0) is 74.9 Å². The Labute approximate surface area is 303 Å². The summed E-state index contributed by atoms with van der Waals surface area (Å²) >= 11 is 0. The molecule has 0 bridgehead atoms. The van der Waals surface area contributed by atoms with Crippen molar-refractivity contribution in [2.45, 2.75) is 63.9 Å². The number of hydrogen-bond acceptors (Lipinski definition) is 9. The second kappa shape index (κ2) is 19.9. The molecule has 0 aliphatic carbocycles. The Morgan fingerprint density at radius 2 is 1.65 bits per heavy atom. The number of imidazole rings is 1. The van der Waals surface area contributed by atoms with Crippen LogP contribution < -0.4 is 14.2 Å². The van der Waals surface area contributed by atoms with Gasteiger partial charge in [-0.1, -0.05) is 42.5 Å². The van der Waals surface area contributed by atoms with E-state index in [1.165, 1.54) is 12.1 Å². The van der Waals surface area contributed by atoms with Gasteiger partial charge in [-0.15, -0.1) is 0 Å². The number of phenolic OH excluding ortho intramolecular Hbond substituents is 1. The maximum Gasteiger partial charge on any atom is 0.335 e. The zero-order valence-corrected chi connectivity index (χ0v) is 29.0. The zero-order chi connectivity index (χ0) is 36.5. The molecule has 3 aromatic carbocycles. The molecule has 0 spiro atoms. The number of benzene rings is 3. The summed E-state index contributed by atoms with van der Waals surface area (Å²) in [5.41, 5.74) is 1.67. The average Bonchev–Trinajstić information content (AvgIpc) is 3.67. The van der Waals surface area contributed by atoms with Crippen LogP contribution in [0, 0.1) is 5.92 Å². The second-order valence-corrected chi connectivity index (χ2v) is 12.5. The van der Waals surface area contributed by atoms with E-state index in [2.05, 4.69) is 4.98 Å². The van der Waals surface area contributed by atoms with Crippen LogP contribution >= 0.6 is 0 Å². The third-order valence-electron chi connectivity index (χ3n) is 8.61. The first-order chi connectivity index (χ1) is 25.4. The highest BCUT2D eigenvalue weighted by Gasteiger charge is 2.34. The van der Waals surface area contributed by atoms with Crippen molar-refractivity contribution in [3.63, 3.8) is 0 Å². The maximum absolute atomic E-state index is 11.5. The van der Waals surface area contributed by atoms with Crippen molar-refractivity contribution in [1.29, 1.82) is 0 Å². The Hall–Kier alpha value is -5.33. The van der Waals surface area contributed by atoms with E-state index >= 15 is 0 Å². The number of hydrogen-bond donors (Lipinski definition) is 3. The maximum atomic E-state index is 11.5. The van der Waals surface area contributed by atoms with Crippen LogP contribution in [0.3, 0.4) is 0 Å². The Morgan fingerprint density at radius 3 is 2.38 bits per heavy atom. The van der Waals surface area contributed by atoms with Crippen LogP contribution in [-0.2, 0) is 20.8 Å². The molecule has 52 heavy (non-hydrogen) atoms. The van der Waals surface area contributed by atoms with Crippen LogP contribution in [0.1, 0.15) is 78.8 Å². The van der Waals surface area contributed by atoms with Crippen molar-refractivity contribution in [2.75, 3.05) is 26.4 Å². The van der Waals surface area contributed by atoms with Gasteiger partial charge in [-0.3, -0.25) is 4.79 Å². The van der Waals surface area contributed by atoms with Crippen LogP contribution in [0.25, 0.3) is 0 Å². The van der Waals surface area contributed by atoms with Gasteiger partial charge in [-0.25, -0.2) is 9.78 Å². The number of aromatic carboxylic acids is 1. The summed E-state index contributed by atoms with van der Waals surface area (Å²) in [6.07, 6.45) is 12.7. The van der Waals surface area contributed by atoms with E-state index in [-0.39, 0.29) is 23.7 Å². The van der Waals surface area contributed by atoms with Crippen LogP contribution in [0.2, 0.25) is 0 Å². The molecule has 1 fully saturated rings. The first-order valence-corrected chi connectivity index (χ1v) is 17.6. The number of rotatable bonds is 21. The summed E-state index contributed by atoms with van der Waals surface area (Å²) in [5.74, 6) is -0.0965. The third-order valence-corrected chi connectivity index (χ3v) is 8.61. The molecule has 5 rings (SSSR count). The van der Waals surface area contributed by atoms with Gasteiger partial charge in [0, 0.05) is 35.9 Å². The molecule has 3 atom stereocenters. The van der Waals surface area contributed by atoms with Gasteiger partial charge in [0.05, 0.1) is 44.4 Å². The van der Waals surface area contributed by atoms with E-state index in [0.717, 1.165) is 37.0 Å². The fraction of sp³-hybridized carbons (Fsp3) is 0.375. The molecule has 0 saturated carbocycles. The molecule has 4 aromatic rings. The molecule has 1 aliphatic heterocycles. The van der Waals surface area contributed by atoms with Crippen molar-refractivity contribution in [2.24, 2.45) is 5.92 Å². The van der Waals surface area contributed by atoms with Crippen molar-refractivity contribution in [1.82, 2.24) is 9.55 Å². The predicted octanol–water partition coefficient (Wildman–Crippen LogP) is 7.60. The highest BCUT2D eigenvalue weighted by Crippen LogP contribution is 2.42. The van der Waals surface area contributed by atoms with Crippen LogP contribution in [0.4, 0.5) is 0 Å². The number of para-hydroxylation sites is 1. The van der Waals surface area contributed by atoms with E-state index in [0.29, 0.717) is 62.9 Å². The molecule has 0 radical (unpaired) electrons. The molecule has 12 heteroatoms. The van der Waals surface area contributed by atoms with Gasteiger partial charge in [0.1, 0.15) is 18.1 Å². The quantitative estimate of drug-likeness (QED) is 0.0576. The summed E-state index contributed by atoms with van der Waals surface area (Å²) in [5, 5.41) is 28.9. The predicted molar refractivity (Wildman–Crippen MR) is 192 cm³/mol. The van der Waals surface area contributed by atoms with Crippen molar-refractivity contribution < 1.29 is 48.6 Å². The Balaban J connectivity index is 1.03. The molecule has 0 amide bonds. The smallest absolute Gasteiger partial charge is 0.335 e. The molecule has 0 unspecified atom stereocenters. The van der Waals surface area contributed by atoms with Gasteiger partial charge in [0.15, 0.2) is 17.8 Å². The number of allylic oxidation sites excluding steroid dienone is 2. The highest BCUT2D eigenvalue weighted by atomic mass is 16.7. The summed E-state index contributed by atoms with van der Waals surface area (Å²) in [6, 6.07) is 19.4. The summed E-state index contributed by atoms with van der Waals surface area (Å²) in [6.45, 7) is 2.40. The monoisotopic (exact) mass is 714 g/mol. The van der Waals surface area contributed by atoms with E-state index < -0.39 is 24.3 Å². The number of carboxylic acids is 2. The van der Waals surface area contributed by atoms with Gasteiger partial charge in [0.2, 0.25) is 0 Å². The summed E-state index contributed by atoms with van der Waals surface area (Å²) in [4.78, 5) is 26.3. The normalized spacial score (nSPS) is 17.2. The minimum absolute atomic E-state index is 0.0573. The Morgan fingerprint density at radius 1 is 0.885 bits per heavy atom. The first-order valence-electron chi connectivity index (χ1n) is 17.6. The number of carbonyl (C=O) groups is 2. The van der Waals surface area contributed by atoms with E-state index in [1.807, 2.05) is 59.3 Å². The molecular weight excluding hydrogens is 668 g/mol. The van der Waals surface area contributed by atoms with E-state index in [9.17, 15) is 19.8 Å². The van der Waals surface area contributed by atoms with Crippen LogP contribution in [-0.4, -0.2) is 63.2 Å². The molecule has 3 N–H and O–H groups in total. The molecule has 2 heterocycles. The third kappa shape index (κ3) is 11.6. The standard InChI is InChI=1S/C40H46N2O10/c43-34-12-7-6-11-33(34)38-31(10-4-3-5-13-37(44)45)27-51-40(52-38)29-14-17-32(18-15-29)48-23-8-1-2-9-24-49-36-26-30(39(46)47)16-19-35(36)50-25-22-42-21-20-41-28-42/h3-4,6-7,11-12,14-21,26,28,31,38,40,43H,1-2,5,8-10,13,22-25,27H2,(H,44,45)(H,46,47)/b4-3-/t31-,38+,40+/m1/s1. The number of aromatic nitrogens is 2. The fourth-order valence-corrected chi connectivity index (χ4v) is 5.80. The molecule has 1 aromatic heterocycles. The lowest BCUT2D eigenvalue weighted by Gasteiger charge is -2.37. The molecule has 12 nitrogen and oxygen atoms in total. The lowest BCUT2D eigenvalue weighted by atomic mass is 9.91. The highest BCUT2D eigenvalue weighted by molar-refractivity contribution is 5.88. The molecule has 1 saturated heterocycles. The number of carboxylic acid groups (broad SMARTS) is 2. The summed E-state index contributed by atoms with van der Waals surface area (Å²) < 4.78 is 32.2. The zero-order valence-electron chi connectivity index (χ0n) is 29.0. The van der Waals surface area contributed by atoms with Crippen molar-refractivity contribution in [3.05, 3.63) is 114 Å². The minimum atomic E-state index is -1.02. The lowest BCUT2D eigenvalue weighted by molar-refractivity contribution is -0.244. The van der Waals surface area contributed by atoms with Gasteiger partial charge >= 0.3 is 11.9 Å². The molecular formula is C40H46N2O10. The van der Waals surface area contributed by atoms with Crippen molar-refractivity contribution >= 4 is 11.9 Å². The van der Waals surface area contributed by atoms with E-state index in [4.69, 9.17) is 28.8 Å². The van der Waals surface area contributed by atoms with Gasteiger partial charge in [0.25, 0.3) is 0 Å². The van der Waals surface area contributed by atoms with Crippen LogP contribution in [0.5, 0.6) is 23.0 Å². The lowest BCUT2D eigenvalue weighted by Crippen LogP contribution is -2.30. The van der Waals surface area contributed by atoms with Crippen molar-refractivity contribution in [3.8, 4) is 23.0 Å².